The summed E-state index contributed by atoms with van der Waals surface area (Å²) >= 11 is 1.25. The van der Waals surface area contributed by atoms with Crippen LogP contribution in [0.25, 0.3) is 10.2 Å². The highest BCUT2D eigenvalue weighted by Gasteiger charge is 2.37. The first kappa shape index (κ1) is 14.8. The summed E-state index contributed by atoms with van der Waals surface area (Å²) in [6.45, 7) is 3.60. The number of thiazole rings is 1. The maximum Gasteiger partial charge on any atom is 0.229 e. The van der Waals surface area contributed by atoms with E-state index >= 15 is 0 Å². The molecule has 2 aromatic rings. The quantitative estimate of drug-likeness (QED) is 0.838. The van der Waals surface area contributed by atoms with Gasteiger partial charge in [0.2, 0.25) is 5.91 Å². The molecule has 0 aliphatic carbocycles. The van der Waals surface area contributed by atoms with Crippen molar-refractivity contribution >= 4 is 32.6 Å². The number of amides is 1. The van der Waals surface area contributed by atoms with Gasteiger partial charge in [0.05, 0.1) is 23.8 Å². The van der Waals surface area contributed by atoms with Crippen molar-refractivity contribution in [2.24, 2.45) is 5.92 Å². The van der Waals surface area contributed by atoms with Gasteiger partial charge in [-0.1, -0.05) is 11.3 Å². The van der Waals surface area contributed by atoms with E-state index in [0.29, 0.717) is 49.2 Å². The molecule has 0 unspecified atom stereocenters. The van der Waals surface area contributed by atoms with Crippen LogP contribution in [0.15, 0.2) is 12.1 Å². The second kappa shape index (κ2) is 5.68. The lowest BCUT2D eigenvalue weighted by Crippen LogP contribution is -2.56. The van der Waals surface area contributed by atoms with Crippen molar-refractivity contribution < 1.29 is 18.3 Å². The van der Waals surface area contributed by atoms with Crippen molar-refractivity contribution in [3.05, 3.63) is 23.8 Å². The number of rotatable bonds is 2. The van der Waals surface area contributed by atoms with Crippen LogP contribution >= 0.6 is 11.3 Å². The molecule has 8 heteroatoms. The molecule has 0 bridgehead atoms. The normalized spacial score (nSPS) is 19.2. The monoisotopic (exact) mass is 339 g/mol. The van der Waals surface area contributed by atoms with Crippen LogP contribution in [0.2, 0.25) is 0 Å². The maximum absolute atomic E-state index is 13.7. The number of halogens is 2. The first-order chi connectivity index (χ1) is 11.1. The summed E-state index contributed by atoms with van der Waals surface area (Å²) < 4.78 is 32.7. The molecular formula is C15H15F2N3O2S. The van der Waals surface area contributed by atoms with Crippen molar-refractivity contribution in [1.29, 1.82) is 0 Å². The van der Waals surface area contributed by atoms with Gasteiger partial charge < -0.3 is 14.5 Å². The number of ether oxygens (including phenoxy) is 1. The smallest absolute Gasteiger partial charge is 0.229 e. The number of hydrogen-bond donors (Lipinski definition) is 0. The van der Waals surface area contributed by atoms with Crippen molar-refractivity contribution in [2.45, 2.75) is 0 Å². The minimum absolute atomic E-state index is 0.0540. The number of hydrogen-bond acceptors (Lipinski definition) is 5. The predicted molar refractivity (Wildman–Crippen MR) is 82.6 cm³/mol. The molecule has 122 valence electrons. The van der Waals surface area contributed by atoms with Crippen molar-refractivity contribution in [2.75, 3.05) is 44.3 Å². The highest BCUT2D eigenvalue weighted by Crippen LogP contribution is 2.34. The Labute approximate surface area is 135 Å². The van der Waals surface area contributed by atoms with Crippen LogP contribution in [0.5, 0.6) is 0 Å². The lowest BCUT2D eigenvalue weighted by atomic mass is 9.99. The Bertz CT molecular complexity index is 755. The third-order valence-electron chi connectivity index (χ3n) is 4.23. The van der Waals surface area contributed by atoms with Gasteiger partial charge in [0.15, 0.2) is 10.9 Å². The standard InChI is InChI=1S/C15H15F2N3O2S/c16-10-5-11(17)13-12(6-10)23-15(18-13)20-7-9(8-20)14(21)19-1-3-22-4-2-19/h5-6,9H,1-4,7-8H2. The van der Waals surface area contributed by atoms with Crippen LogP contribution < -0.4 is 4.90 Å². The second-order valence-electron chi connectivity index (χ2n) is 5.77. The van der Waals surface area contributed by atoms with Gasteiger partial charge in [-0.3, -0.25) is 4.79 Å². The number of fused-ring (bicyclic) bond motifs is 1. The van der Waals surface area contributed by atoms with Gasteiger partial charge >= 0.3 is 0 Å². The predicted octanol–water partition coefficient (Wildman–Crippen LogP) is 1.87. The molecule has 2 aliphatic heterocycles. The maximum atomic E-state index is 13.7. The Morgan fingerprint density at radius 2 is 2.00 bits per heavy atom. The molecular weight excluding hydrogens is 324 g/mol. The number of morpholine rings is 1. The SMILES string of the molecule is O=C(C1CN(c2nc3c(F)cc(F)cc3s2)C1)N1CCOCC1. The van der Waals surface area contributed by atoms with Gasteiger partial charge in [-0.2, -0.15) is 0 Å². The van der Waals surface area contributed by atoms with Crippen molar-refractivity contribution in [3.63, 3.8) is 0 Å². The molecule has 2 fully saturated rings. The van der Waals surface area contributed by atoms with Gasteiger partial charge in [-0.05, 0) is 6.07 Å². The lowest BCUT2D eigenvalue weighted by molar-refractivity contribution is -0.140. The Morgan fingerprint density at radius 1 is 1.26 bits per heavy atom. The summed E-state index contributed by atoms with van der Waals surface area (Å²) in [6, 6.07) is 2.13. The zero-order chi connectivity index (χ0) is 16.0. The highest BCUT2D eigenvalue weighted by atomic mass is 32.1. The molecule has 0 N–H and O–H groups in total. The van der Waals surface area contributed by atoms with E-state index in [1.54, 1.807) is 0 Å². The zero-order valence-corrected chi connectivity index (χ0v) is 13.1. The molecule has 0 radical (unpaired) electrons. The third kappa shape index (κ3) is 2.66. The van der Waals surface area contributed by atoms with Gasteiger partial charge in [-0.25, -0.2) is 13.8 Å². The first-order valence-corrected chi connectivity index (χ1v) is 8.30. The van der Waals surface area contributed by atoms with Gasteiger partial charge in [0.1, 0.15) is 11.3 Å². The molecule has 2 saturated heterocycles. The van der Waals surface area contributed by atoms with Gasteiger partial charge in [-0.15, -0.1) is 0 Å². The minimum Gasteiger partial charge on any atom is -0.378 e. The second-order valence-corrected chi connectivity index (χ2v) is 6.78. The molecule has 0 saturated carbocycles. The van der Waals surface area contributed by atoms with E-state index in [-0.39, 0.29) is 17.3 Å². The van der Waals surface area contributed by atoms with Crippen LogP contribution in [-0.2, 0) is 9.53 Å². The van der Waals surface area contributed by atoms with E-state index in [4.69, 9.17) is 4.74 Å². The third-order valence-corrected chi connectivity index (χ3v) is 5.29. The van der Waals surface area contributed by atoms with Gasteiger partial charge in [0, 0.05) is 32.2 Å². The highest BCUT2D eigenvalue weighted by molar-refractivity contribution is 7.22. The van der Waals surface area contributed by atoms with E-state index < -0.39 is 11.6 Å². The summed E-state index contributed by atoms with van der Waals surface area (Å²) in [4.78, 5) is 20.4. The topological polar surface area (TPSA) is 45.7 Å². The number of benzene rings is 1. The fourth-order valence-corrected chi connectivity index (χ4v) is 3.94. The van der Waals surface area contributed by atoms with Crippen LogP contribution in [-0.4, -0.2) is 55.2 Å². The zero-order valence-electron chi connectivity index (χ0n) is 12.3. The summed E-state index contributed by atoms with van der Waals surface area (Å²) in [5, 5.41) is 0.635. The van der Waals surface area contributed by atoms with E-state index in [0.717, 1.165) is 6.07 Å². The largest absolute Gasteiger partial charge is 0.378 e. The molecule has 2 aliphatic rings. The molecule has 1 aromatic heterocycles. The number of aromatic nitrogens is 1. The Balaban J connectivity index is 1.45. The summed E-state index contributed by atoms with van der Waals surface area (Å²) in [5.74, 6) is -1.16. The summed E-state index contributed by atoms with van der Waals surface area (Å²) in [7, 11) is 0. The van der Waals surface area contributed by atoms with E-state index in [1.165, 1.54) is 17.4 Å². The van der Waals surface area contributed by atoms with E-state index in [9.17, 15) is 13.6 Å². The molecule has 0 spiro atoms. The molecule has 0 atom stereocenters. The number of nitrogens with zero attached hydrogens (tertiary/aromatic N) is 3. The van der Waals surface area contributed by atoms with Crippen LogP contribution in [0.3, 0.4) is 0 Å². The van der Waals surface area contributed by atoms with Crippen LogP contribution in [0.1, 0.15) is 0 Å². The number of anilines is 1. The molecule has 3 heterocycles. The Hall–Kier alpha value is -1.80. The molecule has 5 nitrogen and oxygen atoms in total. The van der Waals surface area contributed by atoms with Crippen molar-refractivity contribution in [1.82, 2.24) is 9.88 Å². The van der Waals surface area contributed by atoms with Crippen LogP contribution in [0, 0.1) is 17.6 Å². The molecule has 1 aromatic carbocycles. The molecule has 23 heavy (non-hydrogen) atoms. The molecule has 4 rings (SSSR count). The van der Waals surface area contributed by atoms with Gasteiger partial charge in [0.25, 0.3) is 0 Å². The van der Waals surface area contributed by atoms with E-state index in [1.807, 2.05) is 9.80 Å². The Kier molecular flexibility index (Phi) is 3.65. The average molecular weight is 339 g/mol. The number of carbonyl (C=O) groups is 1. The summed E-state index contributed by atoms with van der Waals surface area (Å²) in [5.41, 5.74) is 0.189. The fraction of sp³-hybridized carbons (Fsp3) is 0.467. The minimum atomic E-state index is -0.649. The Morgan fingerprint density at radius 3 is 2.74 bits per heavy atom. The van der Waals surface area contributed by atoms with E-state index in [2.05, 4.69) is 4.98 Å². The average Bonchev–Trinajstić information content (AvgIpc) is 2.90. The lowest BCUT2D eigenvalue weighted by Gasteiger charge is -2.41. The van der Waals surface area contributed by atoms with Crippen LogP contribution in [0.4, 0.5) is 13.9 Å². The molecule has 1 amide bonds. The first-order valence-electron chi connectivity index (χ1n) is 7.49. The van der Waals surface area contributed by atoms with Crippen molar-refractivity contribution in [3.8, 4) is 0 Å². The number of carbonyl (C=O) groups excluding carboxylic acids is 1. The summed E-state index contributed by atoms with van der Waals surface area (Å²) in [6.07, 6.45) is 0. The fourth-order valence-electron chi connectivity index (χ4n) is 2.91.